The summed E-state index contributed by atoms with van der Waals surface area (Å²) in [6, 6.07) is 24.1. The Morgan fingerprint density at radius 2 is 1.59 bits per heavy atom. The minimum absolute atomic E-state index is 0.0682. The zero-order valence-corrected chi connectivity index (χ0v) is 16.8. The van der Waals surface area contributed by atoms with E-state index in [2.05, 4.69) is 48.5 Å². The Morgan fingerprint density at radius 1 is 0.966 bits per heavy atom. The molecule has 1 amide bonds. The second-order valence-corrected chi connectivity index (χ2v) is 7.68. The summed E-state index contributed by atoms with van der Waals surface area (Å²) in [5, 5.41) is 0. The fourth-order valence-electron chi connectivity index (χ4n) is 4.47. The lowest BCUT2D eigenvalue weighted by molar-refractivity contribution is 0.0666. The van der Waals surface area contributed by atoms with Crippen LogP contribution in [-0.4, -0.2) is 28.5 Å². The van der Waals surface area contributed by atoms with Gasteiger partial charge in [0.25, 0.3) is 11.5 Å². The standard InChI is InChI=1S/C25H26N2O2/c1-2-26-17-14-20(18-23(26)28)24(29)27-16-9-15-25(19-27,21-10-5-3-6-11-21)22-12-7-4-8-13-22/h3-8,10-14,17-18H,2,9,15-16,19H2,1H3. The SMILES string of the molecule is CCn1ccc(C(=O)N2CCCC(c3ccccc3)(c3ccccc3)C2)cc1=O. The van der Waals surface area contributed by atoms with Gasteiger partial charge in [-0.2, -0.15) is 0 Å². The first-order valence-corrected chi connectivity index (χ1v) is 10.2. The monoisotopic (exact) mass is 386 g/mol. The molecule has 0 bridgehead atoms. The van der Waals surface area contributed by atoms with E-state index in [1.165, 1.54) is 17.2 Å². The van der Waals surface area contributed by atoms with Crippen LogP contribution in [0, 0.1) is 0 Å². The van der Waals surface area contributed by atoms with Crippen LogP contribution in [0.5, 0.6) is 0 Å². The predicted molar refractivity (Wildman–Crippen MR) is 115 cm³/mol. The Balaban J connectivity index is 1.71. The number of piperidine rings is 1. The van der Waals surface area contributed by atoms with Crippen molar-refractivity contribution in [2.45, 2.75) is 31.7 Å². The summed E-state index contributed by atoms with van der Waals surface area (Å²) in [4.78, 5) is 27.4. The summed E-state index contributed by atoms with van der Waals surface area (Å²) in [7, 11) is 0. The van der Waals surface area contributed by atoms with Crippen LogP contribution in [0.15, 0.2) is 83.8 Å². The van der Waals surface area contributed by atoms with Crippen LogP contribution in [0.2, 0.25) is 0 Å². The van der Waals surface area contributed by atoms with Crippen LogP contribution in [0.1, 0.15) is 41.3 Å². The molecule has 0 unspecified atom stereocenters. The van der Waals surface area contributed by atoms with E-state index in [1.807, 2.05) is 24.0 Å². The van der Waals surface area contributed by atoms with Crippen LogP contribution in [0.25, 0.3) is 0 Å². The lowest BCUT2D eigenvalue weighted by atomic mass is 9.69. The maximum atomic E-state index is 13.3. The molecule has 148 valence electrons. The molecule has 0 spiro atoms. The largest absolute Gasteiger partial charge is 0.337 e. The van der Waals surface area contributed by atoms with Crippen LogP contribution in [0.4, 0.5) is 0 Å². The first-order valence-electron chi connectivity index (χ1n) is 10.2. The van der Waals surface area contributed by atoms with E-state index in [4.69, 9.17) is 0 Å². The number of aryl methyl sites for hydroxylation is 1. The average molecular weight is 386 g/mol. The molecule has 0 atom stereocenters. The highest BCUT2D eigenvalue weighted by molar-refractivity contribution is 5.94. The van der Waals surface area contributed by atoms with Gasteiger partial charge in [0, 0.05) is 42.9 Å². The third kappa shape index (κ3) is 3.63. The van der Waals surface area contributed by atoms with E-state index in [9.17, 15) is 9.59 Å². The molecule has 2 heterocycles. The summed E-state index contributed by atoms with van der Waals surface area (Å²) in [5.74, 6) is -0.0682. The molecule has 29 heavy (non-hydrogen) atoms. The second-order valence-electron chi connectivity index (χ2n) is 7.68. The van der Waals surface area contributed by atoms with Gasteiger partial charge in [0.1, 0.15) is 0 Å². The van der Waals surface area contributed by atoms with E-state index in [0.29, 0.717) is 25.2 Å². The normalized spacial score (nSPS) is 15.8. The fraction of sp³-hybridized carbons (Fsp3) is 0.280. The zero-order valence-electron chi connectivity index (χ0n) is 16.8. The van der Waals surface area contributed by atoms with Crippen LogP contribution in [0.3, 0.4) is 0 Å². The second kappa shape index (κ2) is 8.08. The molecule has 2 aromatic carbocycles. The first kappa shape index (κ1) is 19.2. The molecule has 1 saturated heterocycles. The minimum Gasteiger partial charge on any atom is -0.337 e. The van der Waals surface area contributed by atoms with Gasteiger partial charge in [0.05, 0.1) is 0 Å². The number of pyridine rings is 1. The Bertz CT molecular complexity index is 1000. The van der Waals surface area contributed by atoms with Gasteiger partial charge in [0.2, 0.25) is 0 Å². The number of rotatable bonds is 4. The van der Waals surface area contributed by atoms with Crippen molar-refractivity contribution >= 4 is 5.91 Å². The van der Waals surface area contributed by atoms with Gasteiger partial charge in [-0.25, -0.2) is 0 Å². The zero-order chi connectivity index (χ0) is 20.3. The lowest BCUT2D eigenvalue weighted by Gasteiger charge is -2.44. The van der Waals surface area contributed by atoms with Gasteiger partial charge >= 0.3 is 0 Å². The van der Waals surface area contributed by atoms with E-state index >= 15 is 0 Å². The van der Waals surface area contributed by atoms with Crippen molar-refractivity contribution in [3.05, 3.63) is 106 Å². The third-order valence-electron chi connectivity index (χ3n) is 6.02. The van der Waals surface area contributed by atoms with E-state index in [0.717, 1.165) is 12.8 Å². The first-order chi connectivity index (χ1) is 14.1. The molecule has 4 rings (SSSR count). The molecule has 0 aliphatic carbocycles. The number of carbonyl (C=O) groups excluding carboxylic acids is 1. The van der Waals surface area contributed by atoms with Gasteiger partial charge in [-0.3, -0.25) is 9.59 Å². The van der Waals surface area contributed by atoms with Crippen molar-refractivity contribution in [3.63, 3.8) is 0 Å². The third-order valence-corrected chi connectivity index (χ3v) is 6.02. The summed E-state index contributed by atoms with van der Waals surface area (Å²) in [5.41, 5.74) is 2.55. The van der Waals surface area contributed by atoms with Crippen molar-refractivity contribution in [2.24, 2.45) is 0 Å². The highest BCUT2D eigenvalue weighted by atomic mass is 16.2. The van der Waals surface area contributed by atoms with Gasteiger partial charge in [0.15, 0.2) is 0 Å². The summed E-state index contributed by atoms with van der Waals surface area (Å²) in [6.45, 7) is 3.83. The van der Waals surface area contributed by atoms with E-state index in [-0.39, 0.29) is 16.9 Å². The maximum absolute atomic E-state index is 13.3. The number of hydrogen-bond acceptors (Lipinski definition) is 2. The minimum atomic E-state index is -0.241. The Kier molecular flexibility index (Phi) is 5.34. The fourth-order valence-corrected chi connectivity index (χ4v) is 4.47. The molecule has 3 aromatic rings. The number of carbonyl (C=O) groups is 1. The van der Waals surface area contributed by atoms with Crippen LogP contribution < -0.4 is 5.56 Å². The molecule has 1 fully saturated rings. The predicted octanol–water partition coefficient (Wildman–Crippen LogP) is 4.09. The molecular weight excluding hydrogens is 360 g/mol. The number of benzene rings is 2. The smallest absolute Gasteiger partial charge is 0.254 e. The van der Waals surface area contributed by atoms with Gasteiger partial charge in [-0.15, -0.1) is 0 Å². The molecule has 1 aliphatic heterocycles. The molecule has 4 heteroatoms. The van der Waals surface area contributed by atoms with E-state index in [1.54, 1.807) is 16.8 Å². The van der Waals surface area contributed by atoms with Crippen molar-refractivity contribution in [1.29, 1.82) is 0 Å². The Labute approximate surface area is 171 Å². The van der Waals surface area contributed by atoms with Crippen molar-refractivity contribution in [3.8, 4) is 0 Å². The Morgan fingerprint density at radius 3 is 2.14 bits per heavy atom. The van der Waals surface area contributed by atoms with Crippen molar-refractivity contribution < 1.29 is 4.79 Å². The molecule has 4 nitrogen and oxygen atoms in total. The van der Waals surface area contributed by atoms with Gasteiger partial charge in [-0.05, 0) is 37.0 Å². The molecule has 1 aromatic heterocycles. The summed E-state index contributed by atoms with van der Waals surface area (Å²) < 4.78 is 1.60. The number of nitrogens with zero attached hydrogens (tertiary/aromatic N) is 2. The van der Waals surface area contributed by atoms with Crippen molar-refractivity contribution in [1.82, 2.24) is 9.47 Å². The number of likely N-dealkylation sites (tertiary alicyclic amines) is 1. The summed E-state index contributed by atoms with van der Waals surface area (Å²) >= 11 is 0. The maximum Gasteiger partial charge on any atom is 0.254 e. The van der Waals surface area contributed by atoms with Gasteiger partial charge < -0.3 is 9.47 Å². The highest BCUT2D eigenvalue weighted by Crippen LogP contribution is 2.40. The topological polar surface area (TPSA) is 42.3 Å². The van der Waals surface area contributed by atoms with Crippen molar-refractivity contribution in [2.75, 3.05) is 13.1 Å². The van der Waals surface area contributed by atoms with Crippen LogP contribution >= 0.6 is 0 Å². The van der Waals surface area contributed by atoms with E-state index < -0.39 is 0 Å². The number of aromatic nitrogens is 1. The molecule has 0 radical (unpaired) electrons. The lowest BCUT2D eigenvalue weighted by Crippen LogP contribution is -2.49. The Hall–Kier alpha value is -3.14. The quantitative estimate of drug-likeness (QED) is 0.678. The molecule has 0 saturated carbocycles. The van der Waals surface area contributed by atoms with Crippen LogP contribution in [-0.2, 0) is 12.0 Å². The average Bonchev–Trinajstić information content (AvgIpc) is 2.79. The number of hydrogen-bond donors (Lipinski definition) is 0. The van der Waals surface area contributed by atoms with Gasteiger partial charge in [-0.1, -0.05) is 60.7 Å². The molecular formula is C25H26N2O2. The molecule has 1 aliphatic rings. The number of amides is 1. The highest BCUT2D eigenvalue weighted by Gasteiger charge is 2.40. The summed E-state index contributed by atoms with van der Waals surface area (Å²) in [6.07, 6.45) is 3.62. The molecule has 0 N–H and O–H groups in total.